The zero-order chi connectivity index (χ0) is 10.5. The Kier molecular flexibility index (Phi) is 3.75. The SMILES string of the molecule is NCC1CCCC1NCCc1cnc[nH]1. The van der Waals surface area contributed by atoms with Crippen LogP contribution in [-0.2, 0) is 6.42 Å². The zero-order valence-corrected chi connectivity index (χ0v) is 9.08. The maximum Gasteiger partial charge on any atom is 0.0921 e. The zero-order valence-electron chi connectivity index (χ0n) is 9.08. The van der Waals surface area contributed by atoms with Gasteiger partial charge in [-0.2, -0.15) is 0 Å². The van der Waals surface area contributed by atoms with E-state index in [1.807, 2.05) is 6.20 Å². The number of hydrogen-bond acceptors (Lipinski definition) is 3. The van der Waals surface area contributed by atoms with Gasteiger partial charge < -0.3 is 16.0 Å². The maximum absolute atomic E-state index is 5.73. The number of hydrogen-bond donors (Lipinski definition) is 3. The van der Waals surface area contributed by atoms with Crippen LogP contribution in [0.25, 0.3) is 0 Å². The quantitative estimate of drug-likeness (QED) is 0.666. The van der Waals surface area contributed by atoms with Crippen LogP contribution in [0.2, 0.25) is 0 Å². The Labute approximate surface area is 90.7 Å². The average molecular weight is 208 g/mol. The number of aromatic amines is 1. The fourth-order valence-electron chi connectivity index (χ4n) is 2.40. The number of rotatable bonds is 5. The standard InChI is InChI=1S/C11H20N4/c12-6-9-2-1-3-11(9)14-5-4-10-7-13-8-15-10/h7-9,11,14H,1-6,12H2,(H,13,15). The molecule has 84 valence electrons. The molecule has 0 radical (unpaired) electrons. The molecule has 4 heteroatoms. The largest absolute Gasteiger partial charge is 0.348 e. The molecule has 0 amide bonds. The maximum atomic E-state index is 5.73. The van der Waals surface area contributed by atoms with Gasteiger partial charge in [0.05, 0.1) is 6.33 Å². The first-order chi connectivity index (χ1) is 7.40. The molecule has 0 bridgehead atoms. The fraction of sp³-hybridized carbons (Fsp3) is 0.727. The van der Waals surface area contributed by atoms with Crippen molar-refractivity contribution in [2.24, 2.45) is 11.7 Å². The second kappa shape index (κ2) is 5.28. The highest BCUT2D eigenvalue weighted by atomic mass is 14.9. The topological polar surface area (TPSA) is 66.7 Å². The molecule has 0 aromatic carbocycles. The molecule has 2 rings (SSSR count). The van der Waals surface area contributed by atoms with Crippen LogP contribution in [0, 0.1) is 5.92 Å². The summed E-state index contributed by atoms with van der Waals surface area (Å²) in [5.74, 6) is 0.687. The summed E-state index contributed by atoms with van der Waals surface area (Å²) in [4.78, 5) is 7.11. The third-order valence-electron chi connectivity index (χ3n) is 3.32. The highest BCUT2D eigenvalue weighted by molar-refractivity contribution is 4.95. The van der Waals surface area contributed by atoms with Gasteiger partial charge in [-0.3, -0.25) is 0 Å². The van der Waals surface area contributed by atoms with Gasteiger partial charge >= 0.3 is 0 Å². The van der Waals surface area contributed by atoms with Gasteiger partial charge in [0, 0.05) is 30.9 Å². The Morgan fingerprint density at radius 1 is 1.53 bits per heavy atom. The first kappa shape index (κ1) is 10.6. The first-order valence-electron chi connectivity index (χ1n) is 5.81. The van der Waals surface area contributed by atoms with Gasteiger partial charge in [0.25, 0.3) is 0 Å². The molecule has 1 fully saturated rings. The van der Waals surface area contributed by atoms with E-state index >= 15 is 0 Å². The van der Waals surface area contributed by atoms with Crippen molar-refractivity contribution in [1.82, 2.24) is 15.3 Å². The van der Waals surface area contributed by atoms with Crippen LogP contribution in [-0.4, -0.2) is 29.1 Å². The minimum Gasteiger partial charge on any atom is -0.348 e. The van der Waals surface area contributed by atoms with Crippen molar-refractivity contribution in [2.45, 2.75) is 31.7 Å². The fourth-order valence-corrected chi connectivity index (χ4v) is 2.40. The summed E-state index contributed by atoms with van der Waals surface area (Å²) in [6.45, 7) is 1.84. The highest BCUT2D eigenvalue weighted by Crippen LogP contribution is 2.24. The van der Waals surface area contributed by atoms with Crippen molar-refractivity contribution in [3.05, 3.63) is 18.2 Å². The lowest BCUT2D eigenvalue weighted by Gasteiger charge is -2.19. The van der Waals surface area contributed by atoms with Gasteiger partial charge in [-0.1, -0.05) is 6.42 Å². The molecule has 0 saturated heterocycles. The van der Waals surface area contributed by atoms with Gasteiger partial charge in [-0.15, -0.1) is 0 Å². The van der Waals surface area contributed by atoms with Crippen molar-refractivity contribution in [2.75, 3.05) is 13.1 Å². The molecule has 2 atom stereocenters. The lowest BCUT2D eigenvalue weighted by molar-refractivity contribution is 0.409. The van der Waals surface area contributed by atoms with E-state index in [1.165, 1.54) is 25.0 Å². The van der Waals surface area contributed by atoms with Crippen LogP contribution in [0.1, 0.15) is 25.0 Å². The van der Waals surface area contributed by atoms with Gasteiger partial charge in [0.2, 0.25) is 0 Å². The molecular weight excluding hydrogens is 188 g/mol. The van der Waals surface area contributed by atoms with E-state index in [4.69, 9.17) is 5.73 Å². The van der Waals surface area contributed by atoms with Crippen molar-refractivity contribution in [3.8, 4) is 0 Å². The first-order valence-corrected chi connectivity index (χ1v) is 5.81. The van der Waals surface area contributed by atoms with Crippen LogP contribution in [0.4, 0.5) is 0 Å². The molecule has 1 aliphatic rings. The van der Waals surface area contributed by atoms with Crippen LogP contribution in [0.3, 0.4) is 0 Å². The van der Waals surface area contributed by atoms with E-state index in [0.29, 0.717) is 12.0 Å². The number of nitrogens with two attached hydrogens (primary N) is 1. The molecule has 15 heavy (non-hydrogen) atoms. The van der Waals surface area contributed by atoms with Crippen molar-refractivity contribution in [1.29, 1.82) is 0 Å². The second-order valence-electron chi connectivity index (χ2n) is 4.31. The van der Waals surface area contributed by atoms with Gasteiger partial charge in [-0.25, -0.2) is 4.98 Å². The lowest BCUT2D eigenvalue weighted by atomic mass is 10.0. The number of aromatic nitrogens is 2. The lowest BCUT2D eigenvalue weighted by Crippen LogP contribution is -2.37. The monoisotopic (exact) mass is 208 g/mol. The molecule has 4 nitrogen and oxygen atoms in total. The molecule has 1 heterocycles. The molecule has 1 aromatic heterocycles. The molecule has 0 aliphatic heterocycles. The summed E-state index contributed by atoms with van der Waals surface area (Å²) in [5, 5.41) is 3.59. The van der Waals surface area contributed by atoms with Gasteiger partial charge in [0.1, 0.15) is 0 Å². The van der Waals surface area contributed by atoms with Gasteiger partial charge in [-0.05, 0) is 25.3 Å². The number of imidazole rings is 1. The van der Waals surface area contributed by atoms with Crippen LogP contribution >= 0.6 is 0 Å². The predicted molar refractivity (Wildman–Crippen MR) is 60.5 cm³/mol. The molecule has 2 unspecified atom stereocenters. The van der Waals surface area contributed by atoms with Crippen LogP contribution in [0.15, 0.2) is 12.5 Å². The summed E-state index contributed by atoms with van der Waals surface area (Å²) in [5.41, 5.74) is 6.93. The molecule has 0 spiro atoms. The Morgan fingerprint density at radius 2 is 2.47 bits per heavy atom. The normalized spacial score (nSPS) is 25.9. The van der Waals surface area contributed by atoms with Crippen molar-refractivity contribution < 1.29 is 0 Å². The smallest absolute Gasteiger partial charge is 0.0921 e. The Morgan fingerprint density at radius 3 is 3.20 bits per heavy atom. The van der Waals surface area contributed by atoms with Crippen LogP contribution in [0.5, 0.6) is 0 Å². The van der Waals surface area contributed by atoms with E-state index in [2.05, 4.69) is 15.3 Å². The number of H-pyrrole nitrogens is 1. The summed E-state index contributed by atoms with van der Waals surface area (Å²) >= 11 is 0. The minimum absolute atomic E-state index is 0.637. The third-order valence-corrected chi connectivity index (χ3v) is 3.32. The van der Waals surface area contributed by atoms with Crippen molar-refractivity contribution >= 4 is 0 Å². The molecule has 1 aromatic rings. The van der Waals surface area contributed by atoms with E-state index in [0.717, 1.165) is 19.5 Å². The summed E-state index contributed by atoms with van der Waals surface area (Å²) in [6, 6.07) is 0.637. The van der Waals surface area contributed by atoms with Crippen LogP contribution < -0.4 is 11.1 Å². The third kappa shape index (κ3) is 2.79. The van der Waals surface area contributed by atoms with Gasteiger partial charge in [0.15, 0.2) is 0 Å². The molecular formula is C11H20N4. The van der Waals surface area contributed by atoms with E-state index < -0.39 is 0 Å². The van der Waals surface area contributed by atoms with E-state index in [-0.39, 0.29) is 0 Å². The van der Waals surface area contributed by atoms with E-state index in [9.17, 15) is 0 Å². The number of nitrogens with zero attached hydrogens (tertiary/aromatic N) is 1. The summed E-state index contributed by atoms with van der Waals surface area (Å²) in [7, 11) is 0. The average Bonchev–Trinajstić information content (AvgIpc) is 2.88. The Hall–Kier alpha value is -0.870. The minimum atomic E-state index is 0.637. The Balaban J connectivity index is 1.69. The Bertz CT molecular complexity index is 270. The summed E-state index contributed by atoms with van der Waals surface area (Å²) < 4.78 is 0. The van der Waals surface area contributed by atoms with E-state index in [1.54, 1.807) is 6.33 Å². The molecule has 4 N–H and O–H groups in total. The highest BCUT2D eigenvalue weighted by Gasteiger charge is 2.24. The van der Waals surface area contributed by atoms with Crippen molar-refractivity contribution in [3.63, 3.8) is 0 Å². The molecule has 1 saturated carbocycles. The second-order valence-corrected chi connectivity index (χ2v) is 4.31. The predicted octanol–water partition coefficient (Wildman–Crippen LogP) is 0.669. The number of nitrogens with one attached hydrogen (secondary N) is 2. The molecule has 1 aliphatic carbocycles. The summed E-state index contributed by atoms with van der Waals surface area (Å²) in [6.07, 6.45) is 8.53.